The molecule has 2 atom stereocenters. The van der Waals surface area contributed by atoms with Gasteiger partial charge in [0.1, 0.15) is 0 Å². The molecule has 0 spiro atoms. The summed E-state index contributed by atoms with van der Waals surface area (Å²) in [5, 5.41) is 5.70. The molecule has 0 aromatic heterocycles. The number of epoxide rings is 1. The Labute approximate surface area is 128 Å². The summed E-state index contributed by atoms with van der Waals surface area (Å²) in [5.41, 5.74) is 0. The Morgan fingerprint density at radius 3 is 1.56 bits per heavy atom. The first-order valence-electron chi connectivity index (χ1n) is 7.48. The van der Waals surface area contributed by atoms with Crippen molar-refractivity contribution in [1.29, 1.82) is 0 Å². The molecule has 0 bridgehead atoms. The van der Waals surface area contributed by atoms with Gasteiger partial charge in [-0.15, -0.1) is 19.2 Å². The predicted octanol–water partition coefficient (Wildman–Crippen LogP) is 4.11. The largest absolute Gasteiger partial charge is 0.370 e. The fraction of sp³-hybridized carbons (Fsp3) is 0.733. The summed E-state index contributed by atoms with van der Waals surface area (Å²) in [6.07, 6.45) is 5.84. The van der Waals surface area contributed by atoms with Crippen LogP contribution in [0.4, 0.5) is 0 Å². The molecule has 0 saturated carbocycles. The van der Waals surface area contributed by atoms with Crippen molar-refractivity contribution in [2.45, 2.75) is 67.5 Å². The standard InChI is InChI=1S/C6H10O.C3H5.3C2H5.2Al.2H/c1-3-4-6-5(2)7-6;1-3-2;3*1-2;;;;/h3,5-6H,1,4H2,2H3;3H,1-2H2;3*1H2,2H3;;;;. The van der Waals surface area contributed by atoms with Crippen LogP contribution in [0.1, 0.15) is 34.1 Å². The molecule has 104 valence electrons. The van der Waals surface area contributed by atoms with Crippen LogP contribution in [0.25, 0.3) is 0 Å². The maximum absolute atomic E-state index is 5.09. The van der Waals surface area contributed by atoms with Crippen LogP contribution in [0, 0.1) is 0 Å². The number of hydrogen-bond acceptors (Lipinski definition) is 1. The van der Waals surface area contributed by atoms with Crippen LogP contribution < -0.4 is 0 Å². The van der Waals surface area contributed by atoms with E-state index in [1.807, 2.05) is 12.2 Å². The van der Waals surface area contributed by atoms with Crippen LogP contribution in [-0.2, 0) is 4.74 Å². The van der Waals surface area contributed by atoms with Gasteiger partial charge in [-0.1, -0.05) is 48.0 Å². The Kier molecular flexibility index (Phi) is 18.0. The molecule has 0 N–H and O–H groups in total. The highest BCUT2D eigenvalue weighted by atomic mass is 27.2. The van der Waals surface area contributed by atoms with Crippen LogP contribution in [0.2, 0.25) is 21.1 Å². The van der Waals surface area contributed by atoms with Crippen LogP contribution in [0.15, 0.2) is 25.3 Å². The van der Waals surface area contributed by atoms with Gasteiger partial charge in [0, 0.05) is 0 Å². The minimum atomic E-state index is -0.171. The third-order valence-electron chi connectivity index (χ3n) is 3.26. The van der Waals surface area contributed by atoms with Gasteiger partial charge in [0.25, 0.3) is 14.1 Å². The van der Waals surface area contributed by atoms with E-state index in [0.717, 1.165) is 6.42 Å². The lowest BCUT2D eigenvalue weighted by Gasteiger charge is -1.97. The minimum Gasteiger partial charge on any atom is -0.370 e. The molecule has 1 fully saturated rings. The molecule has 1 aliphatic heterocycles. The summed E-state index contributed by atoms with van der Waals surface area (Å²) in [7, 11) is 0. The normalized spacial score (nSPS) is 19.6. The molecule has 1 rings (SSSR count). The Hall–Kier alpha value is 0.505. The first kappa shape index (κ1) is 20.8. The first-order chi connectivity index (χ1) is 8.60. The molecule has 0 radical (unpaired) electrons. The number of rotatable bonds is 6. The van der Waals surface area contributed by atoms with Crippen molar-refractivity contribution in [2.24, 2.45) is 0 Å². The quantitative estimate of drug-likeness (QED) is 0.406. The smallest absolute Gasteiger partial charge is 0.261 e. The van der Waals surface area contributed by atoms with Gasteiger partial charge >= 0.3 is 0 Å². The molecule has 0 aliphatic carbocycles. The van der Waals surface area contributed by atoms with Crippen molar-refractivity contribution in [3.8, 4) is 0 Å². The van der Waals surface area contributed by atoms with E-state index in [4.69, 9.17) is 4.74 Å². The van der Waals surface area contributed by atoms with Gasteiger partial charge in [-0.05, 0) is 13.3 Å². The maximum atomic E-state index is 5.09. The van der Waals surface area contributed by atoms with Crippen molar-refractivity contribution in [3.63, 3.8) is 0 Å². The second-order valence-corrected chi connectivity index (χ2v) is 9.69. The van der Waals surface area contributed by atoms with Crippen molar-refractivity contribution in [2.75, 3.05) is 0 Å². The Balaban J connectivity index is 0. The molecule has 18 heavy (non-hydrogen) atoms. The summed E-state index contributed by atoms with van der Waals surface area (Å²) >= 11 is 1.10. The van der Waals surface area contributed by atoms with Crippen molar-refractivity contribution < 1.29 is 4.74 Å². The van der Waals surface area contributed by atoms with Gasteiger partial charge in [0.15, 0.2) is 0 Å². The van der Waals surface area contributed by atoms with Gasteiger partial charge in [-0.2, -0.15) is 0 Å². The van der Waals surface area contributed by atoms with Gasteiger partial charge < -0.3 is 4.74 Å². The van der Waals surface area contributed by atoms with E-state index in [1.165, 1.54) is 37.4 Å². The van der Waals surface area contributed by atoms with E-state index in [2.05, 4.69) is 40.9 Å². The molecule has 1 nitrogen and oxygen atoms in total. The number of allylic oxidation sites excluding steroid dienone is 1. The Morgan fingerprint density at radius 2 is 1.50 bits per heavy atom. The average Bonchev–Trinajstić information content (AvgIpc) is 3.09. The highest BCUT2D eigenvalue weighted by molar-refractivity contribution is 6.58. The molecule has 3 heteroatoms. The van der Waals surface area contributed by atoms with E-state index in [9.17, 15) is 0 Å². The molecule has 1 saturated heterocycles. The monoisotopic (exact) mass is 282 g/mol. The van der Waals surface area contributed by atoms with Gasteiger partial charge in [-0.25, -0.2) is 0 Å². The molecular weight excluding hydrogens is 250 g/mol. The van der Waals surface area contributed by atoms with Crippen molar-refractivity contribution in [1.82, 2.24) is 0 Å². The lowest BCUT2D eigenvalue weighted by molar-refractivity contribution is 0.380. The average molecular weight is 282 g/mol. The molecule has 2 unspecified atom stereocenters. The zero-order valence-electron chi connectivity index (χ0n) is 13.2. The number of ether oxygens (including phenoxy) is 1. The second kappa shape index (κ2) is 15.6. The highest BCUT2D eigenvalue weighted by Gasteiger charge is 2.31. The van der Waals surface area contributed by atoms with Crippen molar-refractivity contribution >= 4 is 30.4 Å². The zero-order valence-corrected chi connectivity index (χ0v) is 16.4. The Morgan fingerprint density at radius 1 is 1.11 bits per heavy atom. The van der Waals surface area contributed by atoms with Crippen LogP contribution >= 0.6 is 0 Å². The first-order valence-corrected chi connectivity index (χ1v) is 11.3. The Bertz CT molecular complexity index is 185. The second-order valence-electron chi connectivity index (χ2n) is 4.69. The van der Waals surface area contributed by atoms with E-state index in [0.29, 0.717) is 12.2 Å². The molecule has 1 aliphatic rings. The van der Waals surface area contributed by atoms with E-state index < -0.39 is 0 Å². The molecule has 0 amide bonds. The van der Waals surface area contributed by atoms with E-state index in [1.54, 1.807) is 0 Å². The summed E-state index contributed by atoms with van der Waals surface area (Å²) in [6, 6.07) is 0. The van der Waals surface area contributed by atoms with Crippen molar-refractivity contribution in [3.05, 3.63) is 25.3 Å². The van der Waals surface area contributed by atoms with Crippen LogP contribution in [0.5, 0.6) is 0 Å². The van der Waals surface area contributed by atoms with Crippen LogP contribution in [-0.4, -0.2) is 42.6 Å². The maximum Gasteiger partial charge on any atom is 0.261 e. The topological polar surface area (TPSA) is 12.5 Å². The summed E-state index contributed by atoms with van der Waals surface area (Å²) < 4.78 is 5.09. The van der Waals surface area contributed by atoms with Gasteiger partial charge in [-0.3, -0.25) is 0 Å². The molecule has 1 heterocycles. The summed E-state index contributed by atoms with van der Waals surface area (Å²) in [4.78, 5) is 0. The third kappa shape index (κ3) is 14.6. The van der Waals surface area contributed by atoms with E-state index >= 15 is 0 Å². The van der Waals surface area contributed by atoms with Gasteiger partial charge in [0.2, 0.25) is 16.3 Å². The van der Waals surface area contributed by atoms with Crippen LogP contribution in [0.3, 0.4) is 0 Å². The lowest BCUT2D eigenvalue weighted by Crippen LogP contribution is -2.04. The molecule has 0 aromatic rings. The predicted molar refractivity (Wildman–Crippen MR) is 89.9 cm³/mol. The fourth-order valence-electron chi connectivity index (χ4n) is 1.51. The third-order valence-corrected chi connectivity index (χ3v) is 7.30. The summed E-state index contributed by atoms with van der Waals surface area (Å²) in [5.74, 6) is 0. The zero-order chi connectivity index (χ0) is 14.4. The lowest BCUT2D eigenvalue weighted by atomic mass is 10.2. The summed E-state index contributed by atoms with van der Waals surface area (Å²) in [6.45, 7) is 16.2. The SMILES string of the molecule is C=CCC1OC1C.C=C[CH2][AlH2].C[CH2][Al]([CH2]C)[CH2]C. The fourth-order valence-corrected chi connectivity index (χ4v) is 3.24. The minimum absolute atomic E-state index is 0.171. The molecular formula is C15H32Al2O. The van der Waals surface area contributed by atoms with E-state index in [-0.39, 0.29) is 14.1 Å². The highest BCUT2D eigenvalue weighted by Crippen LogP contribution is 2.23. The van der Waals surface area contributed by atoms with Gasteiger partial charge in [0.05, 0.1) is 12.2 Å². The number of hydrogen-bond donors (Lipinski definition) is 0. The molecule has 0 aromatic carbocycles.